The molecule has 93 valence electrons. The van der Waals surface area contributed by atoms with Crippen LogP contribution in [-0.4, -0.2) is 17.1 Å². The summed E-state index contributed by atoms with van der Waals surface area (Å²) in [5, 5.41) is 0. The van der Waals surface area contributed by atoms with Crippen LogP contribution in [0.15, 0.2) is 12.1 Å². The number of benzene rings is 1. The lowest BCUT2D eigenvalue weighted by Gasteiger charge is -2.08. The van der Waals surface area contributed by atoms with Crippen molar-refractivity contribution in [2.75, 3.05) is 7.11 Å². The van der Waals surface area contributed by atoms with E-state index in [1.54, 1.807) is 13.8 Å². The second kappa shape index (κ2) is 4.68. The molecule has 1 radical (unpaired) electrons. The number of hydrogen-bond acceptors (Lipinski definition) is 3. The molecule has 0 aliphatic heterocycles. The maximum Gasteiger partial charge on any atom is 0.200 e. The molecule has 0 atom stereocenters. The normalized spacial score (nSPS) is 10.5. The predicted molar refractivity (Wildman–Crippen MR) is 62.2 cm³/mol. The van der Waals surface area contributed by atoms with Crippen LogP contribution >= 0.6 is 0 Å². The van der Waals surface area contributed by atoms with E-state index in [9.17, 15) is 8.78 Å². The molecule has 0 bridgehead atoms. The Kier molecular flexibility index (Phi) is 3.23. The summed E-state index contributed by atoms with van der Waals surface area (Å²) < 4.78 is 31.5. The van der Waals surface area contributed by atoms with Crippen LogP contribution in [0.1, 0.15) is 11.5 Å². The van der Waals surface area contributed by atoms with Gasteiger partial charge in [-0.25, -0.2) is 14.4 Å². The number of halogens is 2. The molecule has 0 spiro atoms. The van der Waals surface area contributed by atoms with Gasteiger partial charge in [-0.3, -0.25) is 0 Å². The van der Waals surface area contributed by atoms with E-state index >= 15 is 0 Å². The zero-order chi connectivity index (χ0) is 13.3. The Bertz CT molecular complexity index is 600. The van der Waals surface area contributed by atoms with Crippen LogP contribution in [-0.2, 0) is 0 Å². The highest BCUT2D eigenvalue weighted by Gasteiger charge is 2.14. The third kappa shape index (κ3) is 2.16. The quantitative estimate of drug-likeness (QED) is 0.820. The molecule has 2 rings (SSSR count). The van der Waals surface area contributed by atoms with Crippen LogP contribution in [0.5, 0.6) is 5.75 Å². The van der Waals surface area contributed by atoms with E-state index in [0.717, 1.165) is 6.07 Å². The number of aromatic nitrogens is 2. The molecule has 0 fully saturated rings. The molecule has 1 heterocycles. The molecule has 0 aliphatic rings. The van der Waals surface area contributed by atoms with Gasteiger partial charge in [0.1, 0.15) is 12.0 Å². The van der Waals surface area contributed by atoms with Crippen molar-refractivity contribution in [2.45, 2.75) is 13.8 Å². The number of hydrogen-bond donors (Lipinski definition) is 0. The fourth-order valence-electron chi connectivity index (χ4n) is 1.67. The Balaban J connectivity index is 2.60. The first-order valence-corrected chi connectivity index (χ1v) is 5.29. The van der Waals surface area contributed by atoms with Gasteiger partial charge in [0.25, 0.3) is 0 Å². The molecule has 2 aromatic rings. The van der Waals surface area contributed by atoms with E-state index in [1.807, 2.05) is 0 Å². The summed E-state index contributed by atoms with van der Waals surface area (Å²) in [6.07, 6.45) is 2.76. The predicted octanol–water partition coefficient (Wildman–Crippen LogP) is 2.85. The first kappa shape index (κ1) is 12.4. The summed E-state index contributed by atoms with van der Waals surface area (Å²) in [4.78, 5) is 8.09. The Labute approximate surface area is 103 Å². The van der Waals surface area contributed by atoms with Crippen LogP contribution in [0.2, 0.25) is 0 Å². The fourth-order valence-corrected chi connectivity index (χ4v) is 1.67. The second-order valence-electron chi connectivity index (χ2n) is 3.82. The van der Waals surface area contributed by atoms with Crippen molar-refractivity contribution in [1.29, 1.82) is 0 Å². The lowest BCUT2D eigenvalue weighted by atomic mass is 10.1. The standard InChI is InChI=1S/C13H11F2N2O/c1-7-10(6-16-8(2)17-7)9-4-11(14)13(15)12(5-9)18-3/h4-5H,1-3H3. The molecule has 3 nitrogen and oxygen atoms in total. The molecule has 5 heteroatoms. The molecule has 0 aliphatic carbocycles. The van der Waals surface area contributed by atoms with Crippen molar-refractivity contribution in [3.63, 3.8) is 0 Å². The summed E-state index contributed by atoms with van der Waals surface area (Å²) in [5.41, 5.74) is 1.61. The fraction of sp³-hybridized carbons (Fsp3) is 0.231. The van der Waals surface area contributed by atoms with Gasteiger partial charge in [0.2, 0.25) is 5.82 Å². The highest BCUT2D eigenvalue weighted by atomic mass is 19.2. The summed E-state index contributed by atoms with van der Waals surface area (Å²) in [6.45, 7) is 3.49. The van der Waals surface area contributed by atoms with Crippen molar-refractivity contribution in [1.82, 2.24) is 9.97 Å². The smallest absolute Gasteiger partial charge is 0.200 e. The van der Waals surface area contributed by atoms with Crippen molar-refractivity contribution < 1.29 is 13.5 Å². The van der Waals surface area contributed by atoms with Gasteiger partial charge < -0.3 is 4.74 Å². The maximum atomic E-state index is 13.4. The van der Waals surface area contributed by atoms with Crippen molar-refractivity contribution in [3.8, 4) is 16.9 Å². The van der Waals surface area contributed by atoms with Crippen molar-refractivity contribution >= 4 is 0 Å². The number of methoxy groups -OCH3 is 1. The molecule has 0 saturated carbocycles. The number of aryl methyl sites for hydroxylation is 2. The largest absolute Gasteiger partial charge is 0.494 e. The summed E-state index contributed by atoms with van der Waals surface area (Å²) in [5.74, 6) is -1.56. The minimum atomic E-state index is -1.01. The molecule has 0 N–H and O–H groups in total. The van der Waals surface area contributed by atoms with E-state index in [1.165, 1.54) is 13.2 Å². The topological polar surface area (TPSA) is 35.0 Å². The number of ether oxygens (including phenoxy) is 1. The SMILES string of the molecule is COc1cc(-c2[c]nc(C)nc2C)cc(F)c1F. The lowest BCUT2D eigenvalue weighted by Crippen LogP contribution is -1.97. The first-order valence-electron chi connectivity index (χ1n) is 5.29. The summed E-state index contributed by atoms with van der Waals surface area (Å²) in [6, 6.07) is 2.48. The molecule has 1 aromatic heterocycles. The molecule has 0 saturated heterocycles. The average Bonchev–Trinajstić information content (AvgIpc) is 2.32. The average molecular weight is 249 g/mol. The van der Waals surface area contributed by atoms with Gasteiger partial charge in [-0.1, -0.05) is 0 Å². The summed E-state index contributed by atoms with van der Waals surface area (Å²) >= 11 is 0. The van der Waals surface area contributed by atoms with Crippen molar-refractivity contribution in [3.05, 3.63) is 41.5 Å². The van der Waals surface area contributed by atoms with Gasteiger partial charge in [-0.2, -0.15) is 4.39 Å². The Hall–Kier alpha value is -2.04. The Morgan fingerprint density at radius 1 is 1.22 bits per heavy atom. The van der Waals surface area contributed by atoms with Crippen LogP contribution in [0.4, 0.5) is 8.78 Å². The highest BCUT2D eigenvalue weighted by molar-refractivity contribution is 5.66. The van der Waals surface area contributed by atoms with Gasteiger partial charge >= 0.3 is 0 Å². The molecule has 1 aromatic carbocycles. The van der Waals surface area contributed by atoms with E-state index in [-0.39, 0.29) is 5.75 Å². The zero-order valence-electron chi connectivity index (χ0n) is 10.2. The highest BCUT2D eigenvalue weighted by Crippen LogP contribution is 2.29. The maximum absolute atomic E-state index is 13.4. The molecule has 0 unspecified atom stereocenters. The van der Waals surface area contributed by atoms with Gasteiger partial charge in [-0.15, -0.1) is 0 Å². The van der Waals surface area contributed by atoms with Crippen LogP contribution in [0, 0.1) is 31.7 Å². The van der Waals surface area contributed by atoms with Gasteiger partial charge in [0, 0.05) is 11.3 Å². The third-order valence-electron chi connectivity index (χ3n) is 2.52. The van der Waals surface area contributed by atoms with Gasteiger partial charge in [0.05, 0.1) is 7.11 Å². The van der Waals surface area contributed by atoms with Gasteiger partial charge in [-0.05, 0) is 31.5 Å². The van der Waals surface area contributed by atoms with Crippen LogP contribution < -0.4 is 4.74 Å². The second-order valence-corrected chi connectivity index (χ2v) is 3.82. The molecular formula is C13H11F2N2O. The zero-order valence-corrected chi connectivity index (χ0v) is 10.2. The summed E-state index contributed by atoms with van der Waals surface area (Å²) in [7, 11) is 1.28. The minimum Gasteiger partial charge on any atom is -0.494 e. The van der Waals surface area contributed by atoms with Crippen LogP contribution in [0.3, 0.4) is 0 Å². The monoisotopic (exact) mass is 249 g/mol. The lowest BCUT2D eigenvalue weighted by molar-refractivity contribution is 0.372. The van der Waals surface area contributed by atoms with Crippen LogP contribution in [0.25, 0.3) is 11.1 Å². The number of nitrogens with zero attached hydrogens (tertiary/aromatic N) is 2. The minimum absolute atomic E-state index is 0.154. The Morgan fingerprint density at radius 3 is 2.56 bits per heavy atom. The van der Waals surface area contributed by atoms with Crippen molar-refractivity contribution in [2.24, 2.45) is 0 Å². The van der Waals surface area contributed by atoms with E-state index in [4.69, 9.17) is 4.74 Å². The number of rotatable bonds is 2. The molecule has 0 amide bonds. The molecular weight excluding hydrogens is 238 g/mol. The third-order valence-corrected chi connectivity index (χ3v) is 2.52. The van der Waals surface area contributed by atoms with E-state index in [2.05, 4.69) is 16.2 Å². The first-order chi connectivity index (χ1) is 8.52. The van der Waals surface area contributed by atoms with Gasteiger partial charge in [0.15, 0.2) is 11.6 Å². The van der Waals surface area contributed by atoms with E-state index in [0.29, 0.717) is 22.6 Å². The van der Waals surface area contributed by atoms with E-state index < -0.39 is 11.6 Å². The molecule has 18 heavy (non-hydrogen) atoms. The Morgan fingerprint density at radius 2 is 1.94 bits per heavy atom.